The van der Waals surface area contributed by atoms with Gasteiger partial charge in [-0.1, -0.05) is 12.1 Å². The van der Waals surface area contributed by atoms with Crippen molar-refractivity contribution in [3.05, 3.63) is 71.8 Å². The van der Waals surface area contributed by atoms with Crippen molar-refractivity contribution in [1.82, 2.24) is 9.97 Å². The number of aromatic hydroxyl groups is 1. The number of anilines is 1. The van der Waals surface area contributed by atoms with Gasteiger partial charge in [0.2, 0.25) is 5.91 Å². The van der Waals surface area contributed by atoms with Gasteiger partial charge in [-0.3, -0.25) is 9.35 Å². The molecule has 4 aromatic carbocycles. The van der Waals surface area contributed by atoms with Crippen LogP contribution < -0.4 is 5.32 Å². The van der Waals surface area contributed by atoms with E-state index >= 15 is 0 Å². The number of azo groups is 1. The smallest absolute Gasteiger partial charge is 0.338 e. The van der Waals surface area contributed by atoms with Gasteiger partial charge in [0.1, 0.15) is 22.1 Å². The molecule has 0 saturated carbocycles. The maximum absolute atomic E-state index is 12.4. The van der Waals surface area contributed by atoms with E-state index in [0.717, 1.165) is 12.1 Å². The predicted molar refractivity (Wildman–Crippen MR) is 149 cm³/mol. The summed E-state index contributed by atoms with van der Waals surface area (Å²) < 4.78 is 34.7. The Hall–Kier alpha value is -5.67. The van der Waals surface area contributed by atoms with Crippen molar-refractivity contribution in [2.75, 3.05) is 5.32 Å². The Morgan fingerprint density at radius 1 is 0.905 bits per heavy atom. The first-order chi connectivity index (χ1) is 19.8. The van der Waals surface area contributed by atoms with E-state index < -0.39 is 44.3 Å². The summed E-state index contributed by atoms with van der Waals surface area (Å²) in [6.45, 7) is 1.24. The molecule has 0 spiro atoms. The average molecular weight is 590 g/mol. The normalized spacial score (nSPS) is 11.8. The Kier molecular flexibility index (Phi) is 6.89. The lowest BCUT2D eigenvalue weighted by molar-refractivity contribution is -0.114. The van der Waals surface area contributed by atoms with Crippen molar-refractivity contribution in [3.8, 4) is 17.1 Å². The number of phenols is 1. The van der Waals surface area contributed by atoms with Crippen LogP contribution in [0.15, 0.2) is 75.8 Å². The third-order valence-corrected chi connectivity index (χ3v) is 7.04. The lowest BCUT2D eigenvalue weighted by atomic mass is 10.1. The Labute approximate surface area is 235 Å². The standard InChI is InChI=1S/C27H19N5O9S/c1-12(33)28-15-6-8-19(18(10-15)27(37)38)31-32-23-21(42(39,40)41)11-17-16(24(23)34)7-9-20-22(17)30-25(29-20)13-2-4-14(5-3-13)26(35)36/h2-11,34H,1H3,(H,28,33)(H,29,30)(H,35,36)(H,37,38)(H,39,40,41)/b32-31+. The van der Waals surface area contributed by atoms with Crippen molar-refractivity contribution in [1.29, 1.82) is 0 Å². The Balaban J connectivity index is 1.65. The van der Waals surface area contributed by atoms with Crippen LogP contribution in [0.1, 0.15) is 27.6 Å². The molecule has 6 N–H and O–H groups in total. The minimum atomic E-state index is -4.99. The molecule has 212 valence electrons. The number of benzene rings is 4. The fraction of sp³-hybridized carbons (Fsp3) is 0.0370. The molecule has 0 saturated heterocycles. The number of aromatic carboxylic acids is 2. The summed E-state index contributed by atoms with van der Waals surface area (Å²) in [6, 6.07) is 13.6. The Morgan fingerprint density at radius 3 is 2.24 bits per heavy atom. The zero-order valence-corrected chi connectivity index (χ0v) is 22.2. The number of aromatic nitrogens is 2. The number of carbonyl (C=O) groups excluding carboxylic acids is 1. The van der Waals surface area contributed by atoms with Crippen LogP contribution in [0.2, 0.25) is 0 Å². The molecule has 0 radical (unpaired) electrons. The minimum Gasteiger partial charge on any atom is -0.505 e. The van der Waals surface area contributed by atoms with Crippen molar-refractivity contribution in [3.63, 3.8) is 0 Å². The quantitative estimate of drug-likeness (QED) is 0.108. The van der Waals surface area contributed by atoms with Crippen LogP contribution in [0.5, 0.6) is 5.75 Å². The van der Waals surface area contributed by atoms with E-state index in [9.17, 15) is 37.6 Å². The summed E-state index contributed by atoms with van der Waals surface area (Å²) in [4.78, 5) is 40.9. The third-order valence-electron chi connectivity index (χ3n) is 6.18. The van der Waals surface area contributed by atoms with Crippen LogP contribution in [-0.4, -0.2) is 56.1 Å². The minimum absolute atomic E-state index is 0.0730. The van der Waals surface area contributed by atoms with Gasteiger partial charge in [0, 0.05) is 28.9 Å². The highest BCUT2D eigenvalue weighted by Crippen LogP contribution is 2.43. The number of imidazole rings is 1. The van der Waals surface area contributed by atoms with Gasteiger partial charge in [0.05, 0.1) is 22.2 Å². The first kappa shape index (κ1) is 27.9. The van der Waals surface area contributed by atoms with Gasteiger partial charge in [-0.25, -0.2) is 14.6 Å². The van der Waals surface area contributed by atoms with E-state index in [0.29, 0.717) is 22.4 Å². The van der Waals surface area contributed by atoms with Gasteiger partial charge in [0.15, 0.2) is 5.75 Å². The third kappa shape index (κ3) is 5.24. The molecule has 14 nitrogen and oxygen atoms in total. The topological polar surface area (TPSA) is 232 Å². The molecular formula is C27H19N5O9S. The number of fused-ring (bicyclic) bond motifs is 3. The maximum Gasteiger partial charge on any atom is 0.338 e. The summed E-state index contributed by atoms with van der Waals surface area (Å²) in [5.41, 5.74) is 0.219. The molecule has 0 bridgehead atoms. The summed E-state index contributed by atoms with van der Waals surface area (Å²) >= 11 is 0. The zero-order chi connectivity index (χ0) is 30.3. The SMILES string of the molecule is CC(=O)Nc1ccc(/N=N/c2c(S(=O)(=O)O)cc3c(ccc4nc(-c5ccc(C(=O)O)cc5)[nH]c43)c2O)c(C(=O)O)c1. The molecule has 15 heteroatoms. The first-order valence-corrected chi connectivity index (χ1v) is 13.3. The highest BCUT2D eigenvalue weighted by molar-refractivity contribution is 7.86. The number of carboxylic acid groups (broad SMARTS) is 2. The van der Waals surface area contributed by atoms with Crippen molar-refractivity contribution < 1.29 is 42.7 Å². The molecule has 0 aliphatic heterocycles. The number of phenolic OH excluding ortho intramolecular Hbond substituents is 1. The molecule has 0 unspecified atom stereocenters. The molecule has 1 amide bonds. The summed E-state index contributed by atoms with van der Waals surface area (Å²) in [5.74, 6) is -3.29. The van der Waals surface area contributed by atoms with Crippen LogP contribution in [0.4, 0.5) is 17.1 Å². The van der Waals surface area contributed by atoms with Crippen molar-refractivity contribution in [2.45, 2.75) is 11.8 Å². The number of nitrogens with one attached hydrogen (secondary N) is 2. The van der Waals surface area contributed by atoms with E-state index in [1.54, 1.807) is 6.07 Å². The number of amides is 1. The lowest BCUT2D eigenvalue weighted by Crippen LogP contribution is -2.07. The van der Waals surface area contributed by atoms with E-state index in [1.807, 2.05) is 0 Å². The van der Waals surface area contributed by atoms with Gasteiger partial charge in [-0.15, -0.1) is 10.2 Å². The number of H-pyrrole nitrogens is 1. The van der Waals surface area contributed by atoms with Crippen molar-refractivity contribution in [2.24, 2.45) is 10.2 Å². The molecule has 42 heavy (non-hydrogen) atoms. The number of carbonyl (C=O) groups is 3. The average Bonchev–Trinajstić information content (AvgIpc) is 3.37. The van der Waals surface area contributed by atoms with Crippen LogP contribution in [0.25, 0.3) is 33.2 Å². The molecule has 1 aromatic heterocycles. The highest BCUT2D eigenvalue weighted by atomic mass is 32.2. The van der Waals surface area contributed by atoms with Gasteiger partial charge < -0.3 is 25.6 Å². The summed E-state index contributed by atoms with van der Waals surface area (Å²) in [5, 5.41) is 40.1. The summed E-state index contributed by atoms with van der Waals surface area (Å²) in [6.07, 6.45) is 0. The van der Waals surface area contributed by atoms with Gasteiger partial charge >= 0.3 is 11.9 Å². The van der Waals surface area contributed by atoms with Crippen molar-refractivity contribution >= 4 is 66.8 Å². The number of hydrogen-bond acceptors (Lipinski definition) is 9. The second-order valence-electron chi connectivity index (χ2n) is 8.99. The van der Waals surface area contributed by atoms with Gasteiger partial charge in [-0.2, -0.15) is 8.42 Å². The molecule has 0 atom stereocenters. The fourth-order valence-electron chi connectivity index (χ4n) is 4.28. The summed E-state index contributed by atoms with van der Waals surface area (Å²) in [7, 11) is -4.99. The largest absolute Gasteiger partial charge is 0.505 e. The molecule has 0 aliphatic rings. The Bertz CT molecular complexity index is 2090. The lowest BCUT2D eigenvalue weighted by Gasteiger charge is -2.10. The monoisotopic (exact) mass is 589 g/mol. The number of nitrogens with zero attached hydrogens (tertiary/aromatic N) is 3. The van der Waals surface area contributed by atoms with E-state index in [4.69, 9.17) is 5.11 Å². The number of rotatable bonds is 7. The van der Waals surface area contributed by atoms with E-state index in [2.05, 4.69) is 25.5 Å². The molecule has 0 aliphatic carbocycles. The number of carboxylic acids is 2. The van der Waals surface area contributed by atoms with Gasteiger partial charge in [0.25, 0.3) is 10.1 Å². The molecule has 0 fully saturated rings. The first-order valence-electron chi connectivity index (χ1n) is 11.9. The van der Waals surface area contributed by atoms with Crippen LogP contribution in [0, 0.1) is 0 Å². The van der Waals surface area contributed by atoms with E-state index in [1.165, 1.54) is 49.4 Å². The van der Waals surface area contributed by atoms with Gasteiger partial charge in [-0.05, 0) is 48.5 Å². The predicted octanol–water partition coefficient (Wildman–Crippen LogP) is 5.11. The molecular weight excluding hydrogens is 570 g/mol. The zero-order valence-electron chi connectivity index (χ0n) is 21.4. The van der Waals surface area contributed by atoms with Crippen LogP contribution >= 0.6 is 0 Å². The maximum atomic E-state index is 12.4. The van der Waals surface area contributed by atoms with E-state index in [-0.39, 0.29) is 33.3 Å². The van der Waals surface area contributed by atoms with Crippen LogP contribution in [-0.2, 0) is 14.9 Å². The van der Waals surface area contributed by atoms with Crippen LogP contribution in [0.3, 0.4) is 0 Å². The molecule has 5 rings (SSSR count). The fourth-order valence-corrected chi connectivity index (χ4v) is 4.93. The number of aromatic amines is 1. The molecule has 5 aromatic rings. The second-order valence-corrected chi connectivity index (χ2v) is 10.4. The highest BCUT2D eigenvalue weighted by Gasteiger charge is 2.24. The second kappa shape index (κ2) is 10.4. The number of hydrogen-bond donors (Lipinski definition) is 6. The molecule has 1 heterocycles. The Morgan fingerprint density at radius 2 is 1.62 bits per heavy atom.